The van der Waals surface area contributed by atoms with E-state index in [1.807, 2.05) is 55.5 Å². The van der Waals surface area contributed by atoms with Gasteiger partial charge in [-0.2, -0.15) is 5.10 Å². The summed E-state index contributed by atoms with van der Waals surface area (Å²) in [4.78, 5) is 12.8. The predicted octanol–water partition coefficient (Wildman–Crippen LogP) is 3.97. The second-order valence-electron chi connectivity index (χ2n) is 6.17. The van der Waals surface area contributed by atoms with Gasteiger partial charge in [-0.1, -0.05) is 18.2 Å². The minimum atomic E-state index is -0.267. The maximum Gasteiger partial charge on any atom is 0.262 e. The molecule has 0 saturated carbocycles. The van der Waals surface area contributed by atoms with Crippen LogP contribution < -0.4 is 5.32 Å². The van der Waals surface area contributed by atoms with Gasteiger partial charge in [0.05, 0.1) is 19.1 Å². The second kappa shape index (κ2) is 6.92. The van der Waals surface area contributed by atoms with Gasteiger partial charge < -0.3 is 14.2 Å². The van der Waals surface area contributed by atoms with Crippen molar-refractivity contribution in [2.24, 2.45) is 5.10 Å². The van der Waals surface area contributed by atoms with Crippen LogP contribution in [0.2, 0.25) is 0 Å². The van der Waals surface area contributed by atoms with Crippen molar-refractivity contribution < 1.29 is 13.6 Å². The first-order valence-electron chi connectivity index (χ1n) is 8.48. The molecule has 0 spiro atoms. The van der Waals surface area contributed by atoms with Crippen LogP contribution in [0.1, 0.15) is 29.5 Å². The van der Waals surface area contributed by atoms with Crippen molar-refractivity contribution in [3.05, 3.63) is 78.1 Å². The topological polar surface area (TPSA) is 71.0 Å². The van der Waals surface area contributed by atoms with Crippen molar-refractivity contribution in [1.82, 2.24) is 5.01 Å². The highest BCUT2D eigenvalue weighted by Crippen LogP contribution is 2.33. The summed E-state index contributed by atoms with van der Waals surface area (Å²) in [5.41, 5.74) is 2.76. The van der Waals surface area contributed by atoms with Crippen molar-refractivity contribution in [3.8, 4) is 0 Å². The fraction of sp³-hybridized carbons (Fsp3) is 0.200. The van der Waals surface area contributed by atoms with Crippen LogP contribution >= 0.6 is 0 Å². The Morgan fingerprint density at radius 1 is 1.15 bits per heavy atom. The number of anilines is 1. The highest BCUT2D eigenvalue weighted by Gasteiger charge is 2.35. The fourth-order valence-corrected chi connectivity index (χ4v) is 3.06. The Kier molecular flexibility index (Phi) is 4.31. The Bertz CT molecular complexity index is 914. The van der Waals surface area contributed by atoms with Gasteiger partial charge in [0, 0.05) is 12.1 Å². The summed E-state index contributed by atoms with van der Waals surface area (Å²) < 4.78 is 11.0. The van der Waals surface area contributed by atoms with Gasteiger partial charge in [0.15, 0.2) is 0 Å². The van der Waals surface area contributed by atoms with Crippen LogP contribution in [-0.4, -0.2) is 23.2 Å². The normalized spacial score (nSPS) is 16.6. The summed E-state index contributed by atoms with van der Waals surface area (Å²) in [6.07, 6.45) is 3.76. The Morgan fingerprint density at radius 2 is 1.96 bits per heavy atom. The average molecular weight is 349 g/mol. The smallest absolute Gasteiger partial charge is 0.262 e. The van der Waals surface area contributed by atoms with Crippen LogP contribution in [0.15, 0.2) is 75.0 Å². The molecule has 26 heavy (non-hydrogen) atoms. The van der Waals surface area contributed by atoms with Crippen LogP contribution in [-0.2, 0) is 4.79 Å². The van der Waals surface area contributed by atoms with Gasteiger partial charge in [-0.3, -0.25) is 4.79 Å². The summed E-state index contributed by atoms with van der Waals surface area (Å²) in [5.74, 6) is 1.25. The third kappa shape index (κ3) is 3.13. The number of hydrogen-bond acceptors (Lipinski definition) is 5. The number of nitrogens with one attached hydrogen (secondary N) is 1. The molecule has 6 heteroatoms. The maximum atomic E-state index is 12.8. The number of amides is 1. The van der Waals surface area contributed by atoms with Crippen molar-refractivity contribution in [1.29, 1.82) is 0 Å². The van der Waals surface area contributed by atoms with Crippen LogP contribution in [0.25, 0.3) is 0 Å². The highest BCUT2D eigenvalue weighted by atomic mass is 16.3. The number of hydrazone groups is 1. The average Bonchev–Trinajstić information content (AvgIpc) is 3.41. The fourth-order valence-electron chi connectivity index (χ4n) is 3.06. The third-order valence-electron chi connectivity index (χ3n) is 4.42. The van der Waals surface area contributed by atoms with Gasteiger partial charge in [-0.05, 0) is 42.8 Å². The molecule has 1 aliphatic rings. The number of hydrogen-bond donors (Lipinski definition) is 1. The summed E-state index contributed by atoms with van der Waals surface area (Å²) in [5, 5.41) is 9.19. The Balaban J connectivity index is 1.54. The standard InChI is InChI=1S/C20H19N3O3/c1-14-6-2-3-7-15(14)21-13-20(24)23-17(19-9-5-11-26-19)12-16(22-23)18-8-4-10-25-18/h2-11,17,21H,12-13H2,1H3/t17-/m0/s1. The Labute approximate surface area is 151 Å². The molecule has 0 unspecified atom stereocenters. The molecule has 132 valence electrons. The number of nitrogens with zero attached hydrogens (tertiary/aromatic N) is 2. The molecular weight excluding hydrogens is 330 g/mol. The highest BCUT2D eigenvalue weighted by molar-refractivity contribution is 6.01. The van der Waals surface area contributed by atoms with E-state index in [-0.39, 0.29) is 18.5 Å². The molecule has 0 fully saturated rings. The zero-order valence-corrected chi connectivity index (χ0v) is 14.4. The first-order chi connectivity index (χ1) is 12.7. The summed E-state index contributed by atoms with van der Waals surface area (Å²) in [6.45, 7) is 2.15. The van der Waals surface area contributed by atoms with Gasteiger partial charge >= 0.3 is 0 Å². The first-order valence-corrected chi connectivity index (χ1v) is 8.48. The summed E-state index contributed by atoms with van der Waals surface area (Å²) in [7, 11) is 0. The zero-order valence-electron chi connectivity index (χ0n) is 14.4. The number of aryl methyl sites for hydroxylation is 1. The number of furan rings is 2. The molecule has 3 heterocycles. The van der Waals surface area contributed by atoms with Gasteiger partial charge in [-0.25, -0.2) is 5.01 Å². The van der Waals surface area contributed by atoms with E-state index in [0.29, 0.717) is 17.9 Å². The van der Waals surface area contributed by atoms with E-state index >= 15 is 0 Å². The summed E-state index contributed by atoms with van der Waals surface area (Å²) >= 11 is 0. The van der Waals surface area contributed by atoms with Crippen molar-refractivity contribution in [2.75, 3.05) is 11.9 Å². The first kappa shape index (κ1) is 16.2. The molecule has 0 saturated heterocycles. The number of carbonyl (C=O) groups excluding carboxylic acids is 1. The van der Waals surface area contributed by atoms with E-state index in [0.717, 1.165) is 17.0 Å². The molecule has 1 N–H and O–H groups in total. The zero-order chi connectivity index (χ0) is 17.9. The van der Waals surface area contributed by atoms with Crippen molar-refractivity contribution in [3.63, 3.8) is 0 Å². The van der Waals surface area contributed by atoms with Gasteiger partial charge in [0.1, 0.15) is 23.3 Å². The van der Waals surface area contributed by atoms with E-state index < -0.39 is 0 Å². The molecule has 0 aliphatic carbocycles. The van der Waals surface area contributed by atoms with Crippen LogP contribution in [0, 0.1) is 6.92 Å². The molecule has 0 radical (unpaired) electrons. The minimum absolute atomic E-state index is 0.129. The maximum absolute atomic E-state index is 12.8. The van der Waals surface area contributed by atoms with Crippen LogP contribution in [0.3, 0.4) is 0 Å². The Morgan fingerprint density at radius 3 is 2.69 bits per heavy atom. The van der Waals surface area contributed by atoms with Gasteiger partial charge in [0.2, 0.25) is 0 Å². The van der Waals surface area contributed by atoms with E-state index in [1.165, 1.54) is 5.01 Å². The van der Waals surface area contributed by atoms with E-state index in [4.69, 9.17) is 8.83 Å². The third-order valence-corrected chi connectivity index (χ3v) is 4.42. The molecule has 0 bridgehead atoms. The molecule has 1 aromatic carbocycles. The lowest BCUT2D eigenvalue weighted by molar-refractivity contribution is -0.131. The van der Waals surface area contributed by atoms with Gasteiger partial charge in [0.25, 0.3) is 5.91 Å². The minimum Gasteiger partial charge on any atom is -0.467 e. The molecular formula is C20H19N3O3. The van der Waals surface area contributed by atoms with E-state index in [1.54, 1.807) is 12.5 Å². The largest absolute Gasteiger partial charge is 0.467 e. The van der Waals surface area contributed by atoms with E-state index in [2.05, 4.69) is 10.4 Å². The molecule has 1 atom stereocenters. The monoisotopic (exact) mass is 349 g/mol. The Hall–Kier alpha value is -3.28. The van der Waals surface area contributed by atoms with Crippen LogP contribution in [0.4, 0.5) is 5.69 Å². The predicted molar refractivity (Wildman–Crippen MR) is 97.8 cm³/mol. The lowest BCUT2D eigenvalue weighted by atomic mass is 10.1. The lowest BCUT2D eigenvalue weighted by Crippen LogP contribution is -2.32. The molecule has 6 nitrogen and oxygen atoms in total. The molecule has 4 rings (SSSR count). The summed E-state index contributed by atoms with van der Waals surface area (Å²) in [6, 6.07) is 14.9. The molecule has 3 aromatic rings. The van der Waals surface area contributed by atoms with Gasteiger partial charge in [-0.15, -0.1) is 0 Å². The number of para-hydroxylation sites is 1. The molecule has 2 aromatic heterocycles. The number of benzene rings is 1. The second-order valence-corrected chi connectivity index (χ2v) is 6.17. The number of carbonyl (C=O) groups is 1. The quantitative estimate of drug-likeness (QED) is 0.756. The van der Waals surface area contributed by atoms with Crippen molar-refractivity contribution in [2.45, 2.75) is 19.4 Å². The van der Waals surface area contributed by atoms with Crippen LogP contribution in [0.5, 0.6) is 0 Å². The SMILES string of the molecule is Cc1ccccc1NCC(=O)N1N=C(c2ccco2)C[C@H]1c1ccco1. The van der Waals surface area contributed by atoms with E-state index in [9.17, 15) is 4.79 Å². The van der Waals surface area contributed by atoms with Crippen molar-refractivity contribution >= 4 is 17.3 Å². The molecule has 1 aliphatic heterocycles. The molecule has 1 amide bonds. The lowest BCUT2D eigenvalue weighted by Gasteiger charge is -2.20. The number of rotatable bonds is 5.